The van der Waals surface area contributed by atoms with Gasteiger partial charge in [0.05, 0.1) is 0 Å². The number of rotatable bonds is 1. The minimum absolute atomic E-state index is 0.0340. The van der Waals surface area contributed by atoms with Crippen LogP contribution in [0.15, 0.2) is 24.0 Å². The van der Waals surface area contributed by atoms with Gasteiger partial charge in [0.2, 0.25) is 0 Å². The Balaban J connectivity index is 4.40. The van der Waals surface area contributed by atoms with E-state index in [-0.39, 0.29) is 10.8 Å². The maximum absolute atomic E-state index is 9.52. The van der Waals surface area contributed by atoms with E-state index in [4.69, 9.17) is 0 Å². The van der Waals surface area contributed by atoms with Crippen LogP contribution in [0.3, 0.4) is 0 Å². The van der Waals surface area contributed by atoms with Gasteiger partial charge in [-0.2, -0.15) is 0 Å². The summed E-state index contributed by atoms with van der Waals surface area (Å²) in [7, 11) is 0. The van der Waals surface area contributed by atoms with Crippen LogP contribution in [0, 0.1) is 10.8 Å². The molecule has 0 unspecified atom stereocenters. The van der Waals surface area contributed by atoms with E-state index in [1.54, 1.807) is 6.08 Å². The van der Waals surface area contributed by atoms with Gasteiger partial charge in [-0.15, -0.1) is 0 Å². The molecule has 0 aliphatic rings. The van der Waals surface area contributed by atoms with E-state index in [1.165, 1.54) is 0 Å². The number of aliphatic hydroxyl groups excluding tert-OH is 1. The molecule has 0 aromatic carbocycles. The first-order chi connectivity index (χ1) is 5.60. The predicted octanol–water partition coefficient (Wildman–Crippen LogP) is 4.08. The Hall–Kier alpha value is -0.720. The van der Waals surface area contributed by atoms with Crippen molar-refractivity contribution >= 4 is 0 Å². The molecule has 0 bridgehead atoms. The molecule has 0 saturated heterocycles. The first-order valence-electron chi connectivity index (χ1n) is 4.71. The molecule has 0 aromatic heterocycles. The van der Waals surface area contributed by atoms with Gasteiger partial charge in [0.15, 0.2) is 0 Å². The summed E-state index contributed by atoms with van der Waals surface area (Å²) in [5.41, 5.74) is 0.159. The fourth-order valence-electron chi connectivity index (χ4n) is 0.827. The number of aliphatic hydroxyl groups is 1. The van der Waals surface area contributed by atoms with Crippen LogP contribution < -0.4 is 0 Å². The average Bonchev–Trinajstić information content (AvgIpc) is 1.78. The SMILES string of the molecule is CC(C)(C)/C=C\C(O)=C/C(C)(C)C. The summed E-state index contributed by atoms with van der Waals surface area (Å²) in [6.07, 6.45) is 5.63. The van der Waals surface area contributed by atoms with E-state index in [9.17, 15) is 5.11 Å². The molecule has 0 rings (SSSR count). The Kier molecular flexibility index (Phi) is 3.77. The minimum Gasteiger partial charge on any atom is -0.508 e. The molecule has 0 aliphatic heterocycles. The van der Waals surface area contributed by atoms with Crippen LogP contribution in [0.25, 0.3) is 0 Å². The summed E-state index contributed by atoms with van der Waals surface area (Å²) in [6, 6.07) is 0. The van der Waals surface area contributed by atoms with Gasteiger partial charge in [0.25, 0.3) is 0 Å². The largest absolute Gasteiger partial charge is 0.508 e. The number of allylic oxidation sites excluding steroid dienone is 3. The van der Waals surface area contributed by atoms with Gasteiger partial charge in [-0.3, -0.25) is 0 Å². The summed E-state index contributed by atoms with van der Waals surface area (Å²) in [5.74, 6) is 0.349. The van der Waals surface area contributed by atoms with Crippen LogP contribution >= 0.6 is 0 Å². The van der Waals surface area contributed by atoms with E-state index < -0.39 is 0 Å². The van der Waals surface area contributed by atoms with Crippen molar-refractivity contribution in [1.82, 2.24) is 0 Å². The molecule has 0 fully saturated rings. The van der Waals surface area contributed by atoms with Crippen molar-refractivity contribution in [2.24, 2.45) is 10.8 Å². The van der Waals surface area contributed by atoms with E-state index in [0.29, 0.717) is 5.76 Å². The van der Waals surface area contributed by atoms with Gasteiger partial charge < -0.3 is 5.11 Å². The van der Waals surface area contributed by atoms with Crippen LogP contribution in [0.1, 0.15) is 41.5 Å². The molecule has 1 heteroatoms. The molecular weight excluding hydrogens is 160 g/mol. The van der Waals surface area contributed by atoms with E-state index in [1.807, 2.05) is 12.2 Å². The molecule has 0 saturated carbocycles. The fourth-order valence-corrected chi connectivity index (χ4v) is 0.827. The standard InChI is InChI=1S/C12H22O/c1-11(2,3)8-7-10(13)9-12(4,5)6/h7-9,13H,1-6H3/b8-7-,10-9+. The third-order valence-electron chi connectivity index (χ3n) is 1.33. The first kappa shape index (κ1) is 12.3. The Morgan fingerprint density at radius 2 is 1.38 bits per heavy atom. The topological polar surface area (TPSA) is 20.2 Å². The van der Waals surface area contributed by atoms with Crippen molar-refractivity contribution in [1.29, 1.82) is 0 Å². The minimum atomic E-state index is 0.0340. The normalized spacial score (nSPS) is 15.4. The zero-order valence-electron chi connectivity index (χ0n) is 9.68. The van der Waals surface area contributed by atoms with E-state index in [2.05, 4.69) is 41.5 Å². The highest BCUT2D eigenvalue weighted by atomic mass is 16.3. The molecule has 0 aromatic rings. The maximum atomic E-state index is 9.52. The summed E-state index contributed by atoms with van der Waals surface area (Å²) >= 11 is 0. The van der Waals surface area contributed by atoms with Crippen molar-refractivity contribution in [2.75, 3.05) is 0 Å². The third-order valence-corrected chi connectivity index (χ3v) is 1.33. The number of hydrogen-bond acceptors (Lipinski definition) is 1. The van der Waals surface area contributed by atoms with Gasteiger partial charge in [0.1, 0.15) is 5.76 Å². The zero-order chi connectivity index (χ0) is 10.7. The second kappa shape index (κ2) is 3.99. The van der Waals surface area contributed by atoms with Crippen molar-refractivity contribution in [3.05, 3.63) is 24.0 Å². The van der Waals surface area contributed by atoms with Gasteiger partial charge in [-0.05, 0) is 23.0 Å². The zero-order valence-corrected chi connectivity index (χ0v) is 9.68. The Labute approximate surface area is 82.2 Å². The van der Waals surface area contributed by atoms with Gasteiger partial charge in [0, 0.05) is 0 Å². The van der Waals surface area contributed by atoms with E-state index in [0.717, 1.165) is 0 Å². The molecule has 0 radical (unpaired) electrons. The van der Waals surface area contributed by atoms with Gasteiger partial charge in [-0.1, -0.05) is 47.6 Å². The Morgan fingerprint density at radius 3 is 1.69 bits per heavy atom. The molecule has 1 N–H and O–H groups in total. The predicted molar refractivity (Wildman–Crippen MR) is 58.8 cm³/mol. The molecule has 0 heterocycles. The van der Waals surface area contributed by atoms with Crippen LogP contribution in [0.2, 0.25) is 0 Å². The lowest BCUT2D eigenvalue weighted by Gasteiger charge is -2.13. The van der Waals surface area contributed by atoms with Crippen molar-refractivity contribution in [3.63, 3.8) is 0 Å². The van der Waals surface area contributed by atoms with Crippen LogP contribution in [-0.4, -0.2) is 5.11 Å². The van der Waals surface area contributed by atoms with Crippen LogP contribution in [-0.2, 0) is 0 Å². The Bertz CT molecular complexity index is 208. The average molecular weight is 182 g/mol. The van der Waals surface area contributed by atoms with Gasteiger partial charge in [-0.25, -0.2) is 0 Å². The molecule has 13 heavy (non-hydrogen) atoms. The lowest BCUT2D eigenvalue weighted by atomic mass is 9.93. The maximum Gasteiger partial charge on any atom is 0.111 e. The highest BCUT2D eigenvalue weighted by molar-refractivity contribution is 5.15. The van der Waals surface area contributed by atoms with Crippen molar-refractivity contribution in [2.45, 2.75) is 41.5 Å². The summed E-state index contributed by atoms with van der Waals surface area (Å²) < 4.78 is 0. The lowest BCUT2D eigenvalue weighted by molar-refractivity contribution is 0.407. The van der Waals surface area contributed by atoms with Crippen LogP contribution in [0.4, 0.5) is 0 Å². The number of hydrogen-bond donors (Lipinski definition) is 1. The second-order valence-corrected chi connectivity index (χ2v) is 5.63. The first-order valence-corrected chi connectivity index (χ1v) is 4.71. The summed E-state index contributed by atoms with van der Waals surface area (Å²) in [4.78, 5) is 0. The third kappa shape index (κ3) is 9.19. The smallest absolute Gasteiger partial charge is 0.111 e. The van der Waals surface area contributed by atoms with Crippen molar-refractivity contribution in [3.8, 4) is 0 Å². The molecule has 0 atom stereocenters. The van der Waals surface area contributed by atoms with E-state index >= 15 is 0 Å². The molecular formula is C12H22O. The second-order valence-electron chi connectivity index (χ2n) is 5.63. The monoisotopic (exact) mass is 182 g/mol. The molecule has 0 aliphatic carbocycles. The summed E-state index contributed by atoms with van der Waals surface area (Å²) in [5, 5.41) is 9.52. The molecule has 1 nitrogen and oxygen atoms in total. The van der Waals surface area contributed by atoms with Crippen molar-refractivity contribution < 1.29 is 5.11 Å². The molecule has 0 amide bonds. The summed E-state index contributed by atoms with van der Waals surface area (Å²) in [6.45, 7) is 12.5. The molecule has 76 valence electrons. The lowest BCUT2D eigenvalue weighted by Crippen LogP contribution is -2.02. The Morgan fingerprint density at radius 1 is 0.923 bits per heavy atom. The fraction of sp³-hybridized carbons (Fsp3) is 0.667. The highest BCUT2D eigenvalue weighted by Crippen LogP contribution is 2.19. The quantitative estimate of drug-likeness (QED) is 0.478. The van der Waals surface area contributed by atoms with Crippen LogP contribution in [0.5, 0.6) is 0 Å². The molecule has 0 spiro atoms. The van der Waals surface area contributed by atoms with Gasteiger partial charge >= 0.3 is 0 Å². The highest BCUT2D eigenvalue weighted by Gasteiger charge is 2.07.